The molecule has 0 bridgehead atoms. The molecule has 31 heavy (non-hydrogen) atoms. The Morgan fingerprint density at radius 3 is 2.81 bits per heavy atom. The number of benzene rings is 1. The highest BCUT2D eigenvalue weighted by Gasteiger charge is 2.27. The van der Waals surface area contributed by atoms with Crippen molar-refractivity contribution in [2.45, 2.75) is 39.2 Å². The van der Waals surface area contributed by atoms with Gasteiger partial charge in [-0.3, -0.25) is 9.78 Å². The minimum atomic E-state index is -0.530. The van der Waals surface area contributed by atoms with Gasteiger partial charge in [0.1, 0.15) is 16.9 Å². The molecular weight excluding hydrogens is 418 g/mol. The Hall–Kier alpha value is -2.54. The van der Waals surface area contributed by atoms with Gasteiger partial charge >= 0.3 is 6.09 Å². The number of hydrogen-bond acceptors (Lipinski definition) is 5. The minimum absolute atomic E-state index is 0.0675. The number of carbonyl (C=O) groups is 2. The normalized spacial score (nSPS) is 16.8. The maximum Gasteiger partial charge on any atom is 0.410 e. The van der Waals surface area contributed by atoms with Crippen molar-refractivity contribution in [1.82, 2.24) is 14.8 Å². The predicted molar refractivity (Wildman–Crippen MR) is 120 cm³/mol. The molecule has 0 saturated carbocycles. The van der Waals surface area contributed by atoms with Crippen LogP contribution in [0.25, 0.3) is 10.9 Å². The molecule has 0 spiro atoms. The van der Waals surface area contributed by atoms with Crippen LogP contribution in [0.2, 0.25) is 5.02 Å². The van der Waals surface area contributed by atoms with E-state index in [1.54, 1.807) is 30.3 Å². The molecule has 2 heterocycles. The number of nitrogens with zero attached hydrogens (tertiary/aromatic N) is 3. The Balaban J connectivity index is 1.56. The molecule has 1 aromatic carbocycles. The second-order valence-corrected chi connectivity index (χ2v) is 9.35. The second-order valence-electron chi connectivity index (χ2n) is 8.94. The first-order valence-electron chi connectivity index (χ1n) is 10.5. The lowest BCUT2D eigenvalue weighted by Gasteiger charge is -2.35. The van der Waals surface area contributed by atoms with E-state index in [4.69, 9.17) is 21.1 Å². The van der Waals surface area contributed by atoms with Crippen molar-refractivity contribution in [3.05, 3.63) is 35.5 Å². The van der Waals surface area contributed by atoms with Gasteiger partial charge in [-0.05, 0) is 63.8 Å². The first kappa shape index (κ1) is 23.1. The molecule has 1 atom stereocenters. The SMILES string of the molecule is CN(CC1CCCN(C(=O)COc2ccc(Cl)c3cccnc23)C1)C(=O)OC(C)(C)C. The molecule has 1 aliphatic rings. The number of piperidine rings is 1. The number of halogens is 1. The zero-order valence-corrected chi connectivity index (χ0v) is 19.3. The van der Waals surface area contributed by atoms with Crippen LogP contribution >= 0.6 is 11.6 Å². The fourth-order valence-corrected chi connectivity index (χ4v) is 3.92. The van der Waals surface area contributed by atoms with E-state index in [1.807, 2.05) is 37.8 Å². The highest BCUT2D eigenvalue weighted by molar-refractivity contribution is 6.35. The van der Waals surface area contributed by atoms with Crippen LogP contribution in [0, 0.1) is 5.92 Å². The Labute approximate surface area is 188 Å². The molecule has 0 radical (unpaired) electrons. The monoisotopic (exact) mass is 447 g/mol. The molecule has 1 aromatic heterocycles. The lowest BCUT2D eigenvalue weighted by molar-refractivity contribution is -0.135. The van der Waals surface area contributed by atoms with E-state index in [0.29, 0.717) is 35.9 Å². The van der Waals surface area contributed by atoms with Crippen molar-refractivity contribution in [2.75, 3.05) is 33.3 Å². The largest absolute Gasteiger partial charge is 0.481 e. The quantitative estimate of drug-likeness (QED) is 0.680. The molecule has 0 N–H and O–H groups in total. The molecule has 1 unspecified atom stereocenters. The number of fused-ring (bicyclic) bond motifs is 1. The van der Waals surface area contributed by atoms with E-state index < -0.39 is 5.60 Å². The summed E-state index contributed by atoms with van der Waals surface area (Å²) in [5, 5.41) is 1.38. The van der Waals surface area contributed by atoms with Crippen LogP contribution in [0.5, 0.6) is 5.75 Å². The lowest BCUT2D eigenvalue weighted by atomic mass is 9.97. The van der Waals surface area contributed by atoms with Crippen molar-refractivity contribution in [3.8, 4) is 5.75 Å². The van der Waals surface area contributed by atoms with Gasteiger partial charge in [-0.25, -0.2) is 4.79 Å². The summed E-state index contributed by atoms with van der Waals surface area (Å²) in [5.74, 6) is 0.656. The first-order chi connectivity index (χ1) is 14.6. The number of amides is 2. The molecule has 168 valence electrons. The van der Waals surface area contributed by atoms with Gasteiger partial charge in [-0.2, -0.15) is 0 Å². The maximum absolute atomic E-state index is 12.8. The highest BCUT2D eigenvalue weighted by Crippen LogP contribution is 2.29. The van der Waals surface area contributed by atoms with E-state index in [9.17, 15) is 9.59 Å². The van der Waals surface area contributed by atoms with Crippen molar-refractivity contribution < 1.29 is 19.1 Å². The average molecular weight is 448 g/mol. The Kier molecular flexibility index (Phi) is 7.26. The van der Waals surface area contributed by atoms with Crippen molar-refractivity contribution in [1.29, 1.82) is 0 Å². The zero-order valence-electron chi connectivity index (χ0n) is 18.6. The molecule has 7 nitrogen and oxygen atoms in total. The third-order valence-corrected chi connectivity index (χ3v) is 5.47. The summed E-state index contributed by atoms with van der Waals surface area (Å²) in [5.41, 5.74) is 0.108. The van der Waals surface area contributed by atoms with Crippen LogP contribution in [-0.4, -0.2) is 65.7 Å². The third-order valence-electron chi connectivity index (χ3n) is 5.14. The first-order valence-corrected chi connectivity index (χ1v) is 10.9. The van der Waals surface area contributed by atoms with Gasteiger partial charge in [0, 0.05) is 38.3 Å². The summed E-state index contributed by atoms with van der Waals surface area (Å²) >= 11 is 6.22. The van der Waals surface area contributed by atoms with Crippen LogP contribution in [0.3, 0.4) is 0 Å². The second kappa shape index (κ2) is 9.73. The number of likely N-dealkylation sites (tertiary alicyclic amines) is 1. The smallest absolute Gasteiger partial charge is 0.410 e. The standard InChI is InChI=1S/C23H30ClN3O4/c1-23(2,3)31-22(29)26(4)13-16-7-6-12-27(14-16)20(28)15-30-19-10-9-18(24)17-8-5-11-25-21(17)19/h5,8-11,16H,6-7,12-15H2,1-4H3. The summed E-state index contributed by atoms with van der Waals surface area (Å²) in [4.78, 5) is 32.7. The lowest BCUT2D eigenvalue weighted by Crippen LogP contribution is -2.46. The summed E-state index contributed by atoms with van der Waals surface area (Å²) in [6.45, 7) is 7.30. The van der Waals surface area contributed by atoms with Crippen molar-refractivity contribution in [3.63, 3.8) is 0 Å². The molecule has 1 saturated heterocycles. The molecule has 3 rings (SSSR count). The van der Waals surface area contributed by atoms with E-state index in [0.717, 1.165) is 18.2 Å². The number of hydrogen-bond donors (Lipinski definition) is 0. The van der Waals surface area contributed by atoms with Gasteiger partial charge in [0.05, 0.1) is 5.02 Å². The van der Waals surface area contributed by atoms with Crippen LogP contribution in [0.15, 0.2) is 30.5 Å². The van der Waals surface area contributed by atoms with Gasteiger partial charge in [0.15, 0.2) is 6.61 Å². The molecule has 1 aliphatic heterocycles. The predicted octanol–water partition coefficient (Wildman–Crippen LogP) is 4.37. The van der Waals surface area contributed by atoms with Crippen LogP contribution in [0.4, 0.5) is 4.79 Å². The fourth-order valence-electron chi connectivity index (χ4n) is 3.70. The Morgan fingerprint density at radius 2 is 2.06 bits per heavy atom. The van der Waals surface area contributed by atoms with Gasteiger partial charge < -0.3 is 19.3 Å². The Morgan fingerprint density at radius 1 is 1.29 bits per heavy atom. The van der Waals surface area contributed by atoms with Crippen LogP contribution in [0.1, 0.15) is 33.6 Å². The molecule has 2 amide bonds. The van der Waals surface area contributed by atoms with E-state index in [-0.39, 0.29) is 24.5 Å². The van der Waals surface area contributed by atoms with Gasteiger partial charge in [-0.1, -0.05) is 11.6 Å². The van der Waals surface area contributed by atoms with Crippen molar-refractivity contribution in [2.24, 2.45) is 5.92 Å². The Bertz CT molecular complexity index is 944. The summed E-state index contributed by atoms with van der Waals surface area (Å²) in [7, 11) is 1.73. The topological polar surface area (TPSA) is 72.0 Å². The van der Waals surface area contributed by atoms with Gasteiger partial charge in [0.2, 0.25) is 0 Å². The van der Waals surface area contributed by atoms with E-state index in [2.05, 4.69) is 4.98 Å². The number of pyridine rings is 1. The van der Waals surface area contributed by atoms with E-state index >= 15 is 0 Å². The number of ether oxygens (including phenoxy) is 2. The molecule has 2 aromatic rings. The molecule has 8 heteroatoms. The average Bonchev–Trinajstić information content (AvgIpc) is 2.72. The molecular formula is C23H30ClN3O4. The number of rotatable bonds is 5. The summed E-state index contributed by atoms with van der Waals surface area (Å²) in [6.07, 6.45) is 3.18. The highest BCUT2D eigenvalue weighted by atomic mass is 35.5. The van der Waals surface area contributed by atoms with Crippen molar-refractivity contribution >= 4 is 34.5 Å². The number of carbonyl (C=O) groups excluding carboxylic acids is 2. The molecule has 1 fully saturated rings. The zero-order chi connectivity index (χ0) is 22.6. The third kappa shape index (κ3) is 6.23. The van der Waals surface area contributed by atoms with Gasteiger partial charge in [-0.15, -0.1) is 0 Å². The summed E-state index contributed by atoms with van der Waals surface area (Å²) in [6, 6.07) is 7.16. The summed E-state index contributed by atoms with van der Waals surface area (Å²) < 4.78 is 11.2. The van der Waals surface area contributed by atoms with Crippen LogP contribution < -0.4 is 4.74 Å². The van der Waals surface area contributed by atoms with E-state index in [1.165, 1.54) is 0 Å². The minimum Gasteiger partial charge on any atom is -0.481 e. The van der Waals surface area contributed by atoms with Gasteiger partial charge in [0.25, 0.3) is 5.91 Å². The fraction of sp³-hybridized carbons (Fsp3) is 0.522. The number of aromatic nitrogens is 1. The van der Waals surface area contributed by atoms with Crippen LogP contribution in [-0.2, 0) is 9.53 Å². The maximum atomic E-state index is 12.8. The molecule has 0 aliphatic carbocycles.